The van der Waals surface area contributed by atoms with Crippen LogP contribution in [0.15, 0.2) is 24.3 Å². The van der Waals surface area contributed by atoms with Gasteiger partial charge in [-0.1, -0.05) is 26.0 Å². The number of aliphatic hydroxyl groups excluding tert-OH is 1. The summed E-state index contributed by atoms with van der Waals surface area (Å²) in [6, 6.07) is 7.06. The molecule has 1 rings (SSSR count). The Morgan fingerprint density at radius 2 is 2.18 bits per heavy atom. The maximum absolute atomic E-state index is 11.7. The number of aliphatic hydroxyl groups is 1. The van der Waals surface area contributed by atoms with Crippen LogP contribution < -0.4 is 11.1 Å². The highest BCUT2D eigenvalue weighted by molar-refractivity contribution is 5.79. The van der Waals surface area contributed by atoms with Crippen molar-refractivity contribution in [1.29, 1.82) is 0 Å². The van der Waals surface area contributed by atoms with E-state index in [2.05, 4.69) is 5.32 Å². The molecular weight excluding hydrogens is 216 g/mol. The van der Waals surface area contributed by atoms with Crippen LogP contribution in [0.2, 0.25) is 0 Å². The van der Waals surface area contributed by atoms with Gasteiger partial charge < -0.3 is 16.2 Å². The quantitative estimate of drug-likeness (QED) is 0.666. The summed E-state index contributed by atoms with van der Waals surface area (Å²) in [5.41, 5.74) is 7.17. The van der Waals surface area contributed by atoms with Crippen molar-refractivity contribution in [2.45, 2.75) is 26.3 Å². The van der Waals surface area contributed by atoms with E-state index >= 15 is 0 Å². The fourth-order valence-electron chi connectivity index (χ4n) is 1.57. The zero-order chi connectivity index (χ0) is 12.8. The van der Waals surface area contributed by atoms with E-state index in [9.17, 15) is 4.79 Å². The van der Waals surface area contributed by atoms with Crippen molar-refractivity contribution in [3.8, 4) is 0 Å². The Labute approximate surface area is 102 Å². The molecule has 0 fully saturated rings. The van der Waals surface area contributed by atoms with Crippen LogP contribution in [0.3, 0.4) is 0 Å². The van der Waals surface area contributed by atoms with E-state index in [1.807, 2.05) is 26.0 Å². The van der Waals surface area contributed by atoms with Crippen LogP contribution in [0.1, 0.15) is 19.4 Å². The van der Waals surface area contributed by atoms with Crippen LogP contribution in [0.4, 0.5) is 5.69 Å². The lowest BCUT2D eigenvalue weighted by molar-refractivity contribution is -0.121. The number of amides is 1. The average molecular weight is 236 g/mol. The zero-order valence-electron chi connectivity index (χ0n) is 10.3. The number of benzene rings is 1. The first kappa shape index (κ1) is 13.5. The fourth-order valence-corrected chi connectivity index (χ4v) is 1.57. The Bertz CT molecular complexity index is 377. The minimum absolute atomic E-state index is 0.0413. The van der Waals surface area contributed by atoms with Crippen molar-refractivity contribution < 1.29 is 9.90 Å². The van der Waals surface area contributed by atoms with Gasteiger partial charge in [0, 0.05) is 5.69 Å². The van der Waals surface area contributed by atoms with Crippen LogP contribution in [-0.2, 0) is 11.2 Å². The number of hydrogen-bond acceptors (Lipinski definition) is 3. The molecule has 1 aromatic carbocycles. The second kappa shape index (κ2) is 6.25. The van der Waals surface area contributed by atoms with Crippen molar-refractivity contribution in [1.82, 2.24) is 5.32 Å². The molecule has 0 bridgehead atoms. The summed E-state index contributed by atoms with van der Waals surface area (Å²) < 4.78 is 0. The summed E-state index contributed by atoms with van der Waals surface area (Å²) in [5, 5.41) is 11.9. The lowest BCUT2D eigenvalue weighted by Gasteiger charge is -2.19. The minimum Gasteiger partial charge on any atom is -0.399 e. The topological polar surface area (TPSA) is 75.3 Å². The van der Waals surface area contributed by atoms with Crippen molar-refractivity contribution in [2.75, 3.05) is 12.3 Å². The third kappa shape index (κ3) is 4.44. The summed E-state index contributed by atoms with van der Waals surface area (Å²) in [7, 11) is 0. The molecule has 1 atom stereocenters. The first-order chi connectivity index (χ1) is 8.02. The summed E-state index contributed by atoms with van der Waals surface area (Å²) >= 11 is 0. The monoisotopic (exact) mass is 236 g/mol. The summed E-state index contributed by atoms with van der Waals surface area (Å²) in [4.78, 5) is 11.7. The van der Waals surface area contributed by atoms with Gasteiger partial charge in [0.25, 0.3) is 0 Å². The number of nitrogen functional groups attached to an aromatic ring is 1. The van der Waals surface area contributed by atoms with Crippen molar-refractivity contribution in [3.05, 3.63) is 29.8 Å². The van der Waals surface area contributed by atoms with Crippen LogP contribution in [0.25, 0.3) is 0 Å². The molecule has 0 saturated carbocycles. The molecule has 17 heavy (non-hydrogen) atoms. The zero-order valence-corrected chi connectivity index (χ0v) is 10.3. The molecule has 4 nitrogen and oxygen atoms in total. The molecule has 0 aromatic heterocycles. The van der Waals surface area contributed by atoms with Gasteiger partial charge in [0.2, 0.25) is 5.91 Å². The van der Waals surface area contributed by atoms with Gasteiger partial charge in [-0.05, 0) is 23.6 Å². The number of carbonyl (C=O) groups excluding carboxylic acids is 1. The molecule has 0 aliphatic heterocycles. The van der Waals surface area contributed by atoms with Gasteiger partial charge in [-0.25, -0.2) is 0 Å². The van der Waals surface area contributed by atoms with E-state index in [4.69, 9.17) is 10.8 Å². The Hall–Kier alpha value is -1.55. The molecule has 94 valence electrons. The van der Waals surface area contributed by atoms with E-state index in [0.717, 1.165) is 5.56 Å². The van der Waals surface area contributed by atoms with Crippen LogP contribution in [-0.4, -0.2) is 23.7 Å². The third-order valence-corrected chi connectivity index (χ3v) is 2.66. The molecular formula is C13H20N2O2. The van der Waals surface area contributed by atoms with E-state index in [1.54, 1.807) is 12.1 Å². The van der Waals surface area contributed by atoms with Gasteiger partial charge in [0.15, 0.2) is 0 Å². The molecule has 0 radical (unpaired) electrons. The van der Waals surface area contributed by atoms with Gasteiger partial charge in [0.1, 0.15) is 0 Å². The molecule has 0 heterocycles. The van der Waals surface area contributed by atoms with Crippen LogP contribution in [0.5, 0.6) is 0 Å². The first-order valence-corrected chi connectivity index (χ1v) is 5.77. The fraction of sp³-hybridized carbons (Fsp3) is 0.462. The molecule has 1 aromatic rings. The lowest BCUT2D eigenvalue weighted by Crippen LogP contribution is -2.41. The lowest BCUT2D eigenvalue weighted by atomic mass is 10.0. The van der Waals surface area contributed by atoms with E-state index in [1.165, 1.54) is 0 Å². The maximum atomic E-state index is 11.7. The van der Waals surface area contributed by atoms with E-state index < -0.39 is 0 Å². The minimum atomic E-state index is -0.191. The molecule has 1 unspecified atom stereocenters. The highest BCUT2D eigenvalue weighted by Crippen LogP contribution is 2.08. The number of hydrogen-bond donors (Lipinski definition) is 3. The number of rotatable bonds is 5. The molecule has 0 aliphatic carbocycles. The highest BCUT2D eigenvalue weighted by atomic mass is 16.3. The highest BCUT2D eigenvalue weighted by Gasteiger charge is 2.14. The van der Waals surface area contributed by atoms with Crippen molar-refractivity contribution in [3.63, 3.8) is 0 Å². The predicted octanol–water partition coefficient (Wildman–Crippen LogP) is 0.944. The van der Waals surface area contributed by atoms with E-state index in [-0.39, 0.29) is 30.9 Å². The number of nitrogens with two attached hydrogens (primary N) is 1. The predicted molar refractivity (Wildman–Crippen MR) is 68.4 cm³/mol. The largest absolute Gasteiger partial charge is 0.399 e. The Morgan fingerprint density at radius 1 is 1.47 bits per heavy atom. The van der Waals surface area contributed by atoms with Gasteiger partial charge in [-0.15, -0.1) is 0 Å². The molecule has 0 spiro atoms. The van der Waals surface area contributed by atoms with Gasteiger partial charge in [-0.2, -0.15) is 0 Å². The summed E-state index contributed by atoms with van der Waals surface area (Å²) in [6.07, 6.45) is 0.286. The number of nitrogens with one attached hydrogen (secondary N) is 1. The van der Waals surface area contributed by atoms with Crippen molar-refractivity contribution in [2.24, 2.45) is 5.92 Å². The normalized spacial score (nSPS) is 12.5. The van der Waals surface area contributed by atoms with Crippen molar-refractivity contribution >= 4 is 11.6 Å². The van der Waals surface area contributed by atoms with Crippen LogP contribution >= 0.6 is 0 Å². The standard InChI is InChI=1S/C13H20N2O2/c1-9(2)12(8-16)15-13(17)7-10-4-3-5-11(14)6-10/h3-6,9,12,16H,7-8,14H2,1-2H3,(H,15,17). The Balaban J connectivity index is 2.55. The first-order valence-electron chi connectivity index (χ1n) is 5.77. The molecule has 1 amide bonds. The Kier molecular flexibility index (Phi) is 4.97. The Morgan fingerprint density at radius 3 is 2.71 bits per heavy atom. The smallest absolute Gasteiger partial charge is 0.224 e. The van der Waals surface area contributed by atoms with Gasteiger partial charge in [-0.3, -0.25) is 4.79 Å². The second-order valence-electron chi connectivity index (χ2n) is 4.52. The molecule has 0 saturated heterocycles. The van der Waals surface area contributed by atoms with Gasteiger partial charge in [0.05, 0.1) is 19.1 Å². The van der Waals surface area contributed by atoms with Gasteiger partial charge >= 0.3 is 0 Å². The number of anilines is 1. The maximum Gasteiger partial charge on any atom is 0.224 e. The molecule has 4 N–H and O–H groups in total. The van der Waals surface area contributed by atoms with Crippen LogP contribution in [0, 0.1) is 5.92 Å². The van der Waals surface area contributed by atoms with E-state index in [0.29, 0.717) is 5.69 Å². The molecule has 0 aliphatic rings. The summed E-state index contributed by atoms with van der Waals surface area (Å²) in [5.74, 6) is 0.119. The SMILES string of the molecule is CC(C)C(CO)NC(=O)Cc1cccc(N)c1. The molecule has 4 heteroatoms. The summed E-state index contributed by atoms with van der Waals surface area (Å²) in [6.45, 7) is 3.88. The second-order valence-corrected chi connectivity index (χ2v) is 4.52. The number of carbonyl (C=O) groups is 1. The third-order valence-electron chi connectivity index (χ3n) is 2.66. The average Bonchev–Trinajstić information content (AvgIpc) is 2.25.